The molecule has 15 heavy (non-hydrogen) atoms. The number of esters is 1. The van der Waals surface area contributed by atoms with E-state index in [4.69, 9.17) is 2.80 Å². The van der Waals surface area contributed by atoms with Gasteiger partial charge in [-0.1, -0.05) is 36.4 Å². The van der Waals surface area contributed by atoms with Gasteiger partial charge in [0.25, 0.3) is 0 Å². The van der Waals surface area contributed by atoms with Crippen molar-refractivity contribution in [3.63, 3.8) is 0 Å². The third kappa shape index (κ3) is 3.95. The van der Waals surface area contributed by atoms with E-state index in [2.05, 4.69) is 9.85 Å². The van der Waals surface area contributed by atoms with E-state index in [9.17, 15) is 4.79 Å². The van der Waals surface area contributed by atoms with Crippen LogP contribution in [0.25, 0.3) is 6.08 Å². The highest BCUT2D eigenvalue weighted by atomic mass is 16.5. The summed E-state index contributed by atoms with van der Waals surface area (Å²) in [7, 11) is 0. The molecule has 3 heteroatoms. The number of hydrogen-bond donors (Lipinski definition) is 1. The molecule has 3 nitrogen and oxygen atoms in total. The molecule has 1 unspecified atom stereocenters. The fourth-order valence-electron chi connectivity index (χ4n) is 1.01. The van der Waals surface area contributed by atoms with Crippen LogP contribution >= 0.6 is 0 Å². The lowest BCUT2D eigenvalue weighted by atomic mass is 10.2. The first kappa shape index (κ1) is 8.68. The highest BCUT2D eigenvalue weighted by Crippen LogP contribution is 2.02. The van der Waals surface area contributed by atoms with Gasteiger partial charge in [-0.2, -0.15) is 0 Å². The van der Waals surface area contributed by atoms with Gasteiger partial charge in [0.05, 0.1) is 7.98 Å². The lowest BCUT2D eigenvalue weighted by molar-refractivity contribution is -0.150. The van der Waals surface area contributed by atoms with E-state index in [-0.39, 0.29) is 6.61 Å². The summed E-state index contributed by atoms with van der Waals surface area (Å²) < 4.78 is 19.1. The van der Waals surface area contributed by atoms with Gasteiger partial charge < -0.3 is 9.85 Å². The van der Waals surface area contributed by atoms with Gasteiger partial charge in [0, 0.05) is 0 Å². The molecule has 0 heterocycles. The number of carbonyl (C=O) groups excluding carboxylic acids is 1. The van der Waals surface area contributed by atoms with Gasteiger partial charge in [-0.3, -0.25) is 0 Å². The molecular formula is C12H14O3. The molecule has 0 aliphatic rings. The molecule has 0 aliphatic carbocycles. The van der Waals surface area contributed by atoms with Gasteiger partial charge in [0.2, 0.25) is 1.43 Å². The summed E-state index contributed by atoms with van der Waals surface area (Å²) in [5, 5.41) is 4.13. The molecule has 80 valence electrons. The summed E-state index contributed by atoms with van der Waals surface area (Å²) >= 11 is 0. The van der Waals surface area contributed by atoms with Crippen molar-refractivity contribution < 1.29 is 16.0 Å². The molecule has 1 atom stereocenters. The summed E-state index contributed by atoms with van der Waals surface area (Å²) in [6.45, 7) is 1.77. The molecule has 0 radical (unpaired) electrons. The number of aliphatic hydroxyl groups is 1. The maximum atomic E-state index is 11.4. The lowest BCUT2D eigenvalue weighted by Gasteiger charge is -2.04. The maximum Gasteiger partial charge on any atom is 0.339 e. The van der Waals surface area contributed by atoms with Crippen molar-refractivity contribution in [1.82, 2.24) is 0 Å². The van der Waals surface area contributed by atoms with E-state index in [1.165, 1.54) is 6.08 Å². The molecule has 0 saturated heterocycles. The third-order valence-electron chi connectivity index (χ3n) is 1.70. The highest BCUT2D eigenvalue weighted by Gasteiger charge is 2.11. The Hall–Kier alpha value is -1.61. The predicted octanol–water partition coefficient (Wildman–Crippen LogP) is 1.62. The average molecular weight is 208 g/mol. The Labute approximate surface area is 91.9 Å². The summed E-state index contributed by atoms with van der Waals surface area (Å²) in [6.07, 6.45) is 0.609. The molecule has 0 spiro atoms. The first-order chi connectivity index (χ1) is 8.12. The highest BCUT2D eigenvalue weighted by molar-refractivity contribution is 5.77. The van der Waals surface area contributed by atoms with Gasteiger partial charge in [0.15, 0.2) is 6.08 Å². The van der Waals surface area contributed by atoms with Crippen LogP contribution in [0.15, 0.2) is 36.4 Å². The van der Waals surface area contributed by atoms with E-state index < -0.39 is 12.0 Å². The monoisotopic (exact) mass is 208 g/mol. The minimum atomic E-state index is -2.12. The molecule has 0 amide bonds. The van der Waals surface area contributed by atoms with Gasteiger partial charge in [-0.15, -0.1) is 0 Å². The molecule has 1 N–H and O–H groups in total. The fourth-order valence-corrected chi connectivity index (χ4v) is 1.01. The fraction of sp³-hybridized carbons (Fsp3) is 0.250. The predicted molar refractivity (Wildman–Crippen MR) is 58.1 cm³/mol. The van der Waals surface area contributed by atoms with Crippen LogP contribution in [0.4, 0.5) is 0 Å². The van der Waals surface area contributed by atoms with E-state index >= 15 is 0 Å². The average Bonchev–Trinajstić information content (AvgIpc) is 2.37. The first-order valence-corrected chi connectivity index (χ1v) is 4.68. The second-order valence-electron chi connectivity index (χ2n) is 2.83. The Balaban J connectivity index is 2.82. The summed E-state index contributed by atoms with van der Waals surface area (Å²) in [4.78, 5) is 11.4. The lowest BCUT2D eigenvalue weighted by Crippen LogP contribution is -2.20. The Morgan fingerprint density at radius 3 is 3.00 bits per heavy atom. The number of benzene rings is 1. The van der Waals surface area contributed by atoms with E-state index in [1.54, 1.807) is 13.0 Å². The van der Waals surface area contributed by atoms with Crippen LogP contribution in [-0.4, -0.2) is 25.2 Å². The topological polar surface area (TPSA) is 46.5 Å². The Morgan fingerprint density at radius 2 is 2.40 bits per heavy atom. The van der Waals surface area contributed by atoms with Crippen molar-refractivity contribution in [3.05, 3.63) is 42.0 Å². The summed E-state index contributed by atoms with van der Waals surface area (Å²) in [5.74, 6) is -0.901. The minimum absolute atomic E-state index is 0.141. The van der Waals surface area contributed by atoms with Crippen molar-refractivity contribution in [3.8, 4) is 0 Å². The molecular weight excluding hydrogens is 192 g/mol. The van der Waals surface area contributed by atoms with E-state index in [0.717, 1.165) is 5.56 Å². The summed E-state index contributed by atoms with van der Waals surface area (Å²) in [6, 6.07) is 9.14. The minimum Gasteiger partial charge on any atom is -0.464 e. The van der Waals surface area contributed by atoms with Gasteiger partial charge in [0.1, 0.15) is 0 Å². The van der Waals surface area contributed by atoms with Crippen LogP contribution < -0.4 is 0 Å². The third-order valence-corrected chi connectivity index (χ3v) is 1.70. The van der Waals surface area contributed by atoms with Crippen LogP contribution in [0, 0.1) is 0 Å². The Kier molecular flexibility index (Phi) is 3.46. The quantitative estimate of drug-likeness (QED) is 0.748. The van der Waals surface area contributed by atoms with Crippen molar-refractivity contribution in [2.45, 2.75) is 13.0 Å². The van der Waals surface area contributed by atoms with Crippen LogP contribution in [0.2, 0.25) is 0 Å². The molecule has 0 fully saturated rings. The number of ether oxygens (including phenoxy) is 1. The molecule has 0 bridgehead atoms. The Bertz CT molecular complexity index is 392. The van der Waals surface area contributed by atoms with E-state index in [0.29, 0.717) is 0 Å². The second-order valence-corrected chi connectivity index (χ2v) is 2.83. The normalized spacial score (nSPS) is 16.6. The van der Waals surface area contributed by atoms with Crippen molar-refractivity contribution in [2.24, 2.45) is 0 Å². The molecule has 0 aromatic heterocycles. The molecule has 1 rings (SSSR count). The maximum absolute atomic E-state index is 11.4. The second kappa shape index (κ2) is 5.98. The van der Waals surface area contributed by atoms with E-state index in [1.807, 2.05) is 30.3 Å². The summed E-state index contributed by atoms with van der Waals surface area (Å²) in [5.41, 5.74) is 0.811. The van der Waals surface area contributed by atoms with Crippen LogP contribution in [0.3, 0.4) is 0 Å². The van der Waals surface area contributed by atoms with Crippen LogP contribution in [0.5, 0.6) is 0 Å². The van der Waals surface area contributed by atoms with Crippen molar-refractivity contribution in [2.75, 3.05) is 6.61 Å². The number of rotatable bonds is 5. The SMILES string of the molecule is [2H]OC([2H])(/C=C/c1ccccc1)C(=O)OCC. The van der Waals surface area contributed by atoms with Crippen molar-refractivity contribution in [1.29, 1.82) is 1.43 Å². The van der Waals surface area contributed by atoms with Crippen molar-refractivity contribution >= 4 is 12.0 Å². The molecule has 0 aliphatic heterocycles. The van der Waals surface area contributed by atoms with Gasteiger partial charge >= 0.3 is 5.97 Å². The zero-order valence-corrected chi connectivity index (χ0v) is 8.47. The molecule has 0 saturated carbocycles. The zero-order valence-electron chi connectivity index (χ0n) is 10.5. The molecule has 1 aromatic carbocycles. The number of carbonyl (C=O) groups is 1. The smallest absolute Gasteiger partial charge is 0.339 e. The zero-order chi connectivity index (χ0) is 12.7. The largest absolute Gasteiger partial charge is 0.464 e. The van der Waals surface area contributed by atoms with Crippen LogP contribution in [-0.2, 0) is 9.53 Å². The van der Waals surface area contributed by atoms with Gasteiger partial charge in [-0.25, -0.2) is 4.79 Å². The van der Waals surface area contributed by atoms with Crippen LogP contribution in [0.1, 0.15) is 13.9 Å². The standard InChI is InChI=1S/C12H14O3/c1-2-15-12(14)11(13)9-8-10-6-4-3-5-7-10/h3-9,11,13H,2H2,1H3/b9-8+/i11D,13D. The first-order valence-electron chi connectivity index (χ1n) is 5.59. The Morgan fingerprint density at radius 1 is 1.67 bits per heavy atom. The molecule has 1 aromatic rings. The number of hydrogen-bond acceptors (Lipinski definition) is 3. The van der Waals surface area contributed by atoms with Gasteiger partial charge in [-0.05, 0) is 18.6 Å².